The van der Waals surface area contributed by atoms with Gasteiger partial charge in [-0.1, -0.05) is 15.9 Å². The fourth-order valence-corrected chi connectivity index (χ4v) is 4.53. The highest BCUT2D eigenvalue weighted by molar-refractivity contribution is 9.10. The molecule has 1 saturated heterocycles. The summed E-state index contributed by atoms with van der Waals surface area (Å²) >= 11 is 6.09. The molecule has 2 heterocycles. The van der Waals surface area contributed by atoms with Crippen LogP contribution in [0.1, 0.15) is 10.4 Å². The number of thioether (sulfide) groups is 2. The van der Waals surface area contributed by atoms with Gasteiger partial charge in [-0.3, -0.25) is 9.59 Å². The van der Waals surface area contributed by atoms with E-state index in [1.807, 2.05) is 12.1 Å². The molecule has 0 bridgehead atoms. The number of amides is 1. The van der Waals surface area contributed by atoms with Gasteiger partial charge in [-0.05, 0) is 30.0 Å². The van der Waals surface area contributed by atoms with Gasteiger partial charge in [-0.15, -0.1) is 11.8 Å². The summed E-state index contributed by atoms with van der Waals surface area (Å²) in [7, 11) is 0. The topological polar surface area (TPSA) is 37.4 Å². The van der Waals surface area contributed by atoms with Gasteiger partial charge in [-0.2, -0.15) is 0 Å². The normalized spacial score (nSPS) is 23.4. The number of fused-ring (bicyclic) bond motifs is 2. The van der Waals surface area contributed by atoms with E-state index in [0.717, 1.165) is 15.1 Å². The SMILES string of the molecule is O=C1Sc2ccc(Br)cc2C(=O)N2CCS[C@@H]12. The van der Waals surface area contributed by atoms with Crippen LogP contribution >= 0.6 is 39.5 Å². The fraction of sp³-hybridized carbons (Fsp3) is 0.273. The van der Waals surface area contributed by atoms with Gasteiger partial charge < -0.3 is 4.90 Å². The molecule has 0 unspecified atom stereocenters. The monoisotopic (exact) mass is 329 g/mol. The van der Waals surface area contributed by atoms with Crippen LogP contribution in [0.2, 0.25) is 0 Å². The first-order valence-corrected chi connectivity index (χ1v) is 7.76. The zero-order valence-corrected chi connectivity index (χ0v) is 11.9. The van der Waals surface area contributed by atoms with Crippen LogP contribution in [0.3, 0.4) is 0 Å². The van der Waals surface area contributed by atoms with E-state index in [0.29, 0.717) is 12.1 Å². The van der Waals surface area contributed by atoms with Crippen LogP contribution in [-0.2, 0) is 4.79 Å². The number of rotatable bonds is 0. The highest BCUT2D eigenvalue weighted by Crippen LogP contribution is 2.38. The van der Waals surface area contributed by atoms with Crippen molar-refractivity contribution in [1.29, 1.82) is 0 Å². The third-order valence-electron chi connectivity index (χ3n) is 2.74. The molecule has 0 N–H and O–H groups in total. The van der Waals surface area contributed by atoms with Crippen molar-refractivity contribution in [1.82, 2.24) is 4.90 Å². The zero-order chi connectivity index (χ0) is 12.0. The number of hydrogen-bond donors (Lipinski definition) is 0. The summed E-state index contributed by atoms with van der Waals surface area (Å²) in [6.45, 7) is 0.659. The summed E-state index contributed by atoms with van der Waals surface area (Å²) in [5.41, 5.74) is 0.628. The lowest BCUT2D eigenvalue weighted by atomic mass is 10.2. The second-order valence-corrected chi connectivity index (χ2v) is 6.93. The average molecular weight is 330 g/mol. The molecular weight excluding hydrogens is 322 g/mol. The van der Waals surface area contributed by atoms with Gasteiger partial charge in [0.25, 0.3) is 5.91 Å². The molecule has 0 aliphatic carbocycles. The molecule has 1 aromatic carbocycles. The van der Waals surface area contributed by atoms with E-state index in [1.54, 1.807) is 22.7 Å². The molecule has 0 spiro atoms. The van der Waals surface area contributed by atoms with Gasteiger partial charge in [0.2, 0.25) is 5.12 Å². The smallest absolute Gasteiger partial charge is 0.256 e. The summed E-state index contributed by atoms with van der Waals surface area (Å²) in [5, 5.41) is -0.249. The Morgan fingerprint density at radius 2 is 2.18 bits per heavy atom. The van der Waals surface area contributed by atoms with Gasteiger partial charge in [0.05, 0.1) is 5.56 Å². The van der Waals surface area contributed by atoms with Crippen molar-refractivity contribution < 1.29 is 9.59 Å². The van der Waals surface area contributed by atoms with Crippen LogP contribution in [0.4, 0.5) is 0 Å². The molecule has 1 atom stereocenters. The molecule has 1 amide bonds. The van der Waals surface area contributed by atoms with Gasteiger partial charge in [0.1, 0.15) is 5.37 Å². The van der Waals surface area contributed by atoms with E-state index in [-0.39, 0.29) is 16.4 Å². The summed E-state index contributed by atoms with van der Waals surface area (Å²) < 4.78 is 0.864. The highest BCUT2D eigenvalue weighted by atomic mass is 79.9. The van der Waals surface area contributed by atoms with Crippen molar-refractivity contribution in [2.24, 2.45) is 0 Å². The van der Waals surface area contributed by atoms with Crippen molar-refractivity contribution >= 4 is 50.5 Å². The Morgan fingerprint density at radius 3 is 3.00 bits per heavy atom. The lowest BCUT2D eigenvalue weighted by Gasteiger charge is -2.19. The predicted octanol–water partition coefficient (Wildman–Crippen LogP) is 2.60. The van der Waals surface area contributed by atoms with Crippen molar-refractivity contribution in [2.75, 3.05) is 12.3 Å². The number of halogens is 1. The maximum Gasteiger partial charge on any atom is 0.256 e. The Balaban J connectivity index is 2.12. The van der Waals surface area contributed by atoms with E-state index in [2.05, 4.69) is 15.9 Å². The number of benzene rings is 1. The second-order valence-electron chi connectivity index (χ2n) is 3.78. The van der Waals surface area contributed by atoms with Crippen LogP contribution in [0.25, 0.3) is 0 Å². The summed E-state index contributed by atoms with van der Waals surface area (Å²) in [4.78, 5) is 26.8. The lowest BCUT2D eigenvalue weighted by molar-refractivity contribution is -0.112. The Morgan fingerprint density at radius 1 is 1.35 bits per heavy atom. The largest absolute Gasteiger partial charge is 0.318 e. The standard InChI is InChI=1S/C11H8BrNO2S2/c12-6-1-2-8-7(5-6)9(14)13-3-4-16-10(13)11(15)17-8/h1-2,5,10H,3-4H2/t10-/m0/s1. The van der Waals surface area contributed by atoms with Crippen LogP contribution in [0.5, 0.6) is 0 Å². The molecule has 0 radical (unpaired) electrons. The van der Waals surface area contributed by atoms with Gasteiger partial charge >= 0.3 is 0 Å². The summed E-state index contributed by atoms with van der Waals surface area (Å²) in [6, 6.07) is 5.48. The van der Waals surface area contributed by atoms with E-state index in [4.69, 9.17) is 0 Å². The molecule has 88 valence electrons. The van der Waals surface area contributed by atoms with Crippen molar-refractivity contribution in [3.05, 3.63) is 28.2 Å². The minimum Gasteiger partial charge on any atom is -0.318 e. The zero-order valence-electron chi connectivity index (χ0n) is 8.68. The maximum absolute atomic E-state index is 12.3. The van der Waals surface area contributed by atoms with E-state index in [1.165, 1.54) is 11.8 Å². The Hall–Kier alpha value is -0.460. The molecular formula is C11H8BrNO2S2. The number of hydrogen-bond acceptors (Lipinski definition) is 4. The Labute approximate surface area is 115 Å². The summed E-state index contributed by atoms with van der Waals surface area (Å²) in [6.07, 6.45) is 0. The summed E-state index contributed by atoms with van der Waals surface area (Å²) in [5.74, 6) is 0.807. The van der Waals surface area contributed by atoms with E-state index >= 15 is 0 Å². The molecule has 17 heavy (non-hydrogen) atoms. The third kappa shape index (κ3) is 1.92. The van der Waals surface area contributed by atoms with Crippen LogP contribution in [0, 0.1) is 0 Å². The van der Waals surface area contributed by atoms with Gasteiger partial charge in [0, 0.05) is 21.7 Å². The molecule has 6 heteroatoms. The lowest BCUT2D eigenvalue weighted by Crippen LogP contribution is -2.36. The predicted molar refractivity (Wildman–Crippen MR) is 72.3 cm³/mol. The molecule has 1 fully saturated rings. The Kier molecular flexibility index (Phi) is 2.96. The van der Waals surface area contributed by atoms with Gasteiger partial charge in [-0.25, -0.2) is 0 Å². The van der Waals surface area contributed by atoms with Crippen LogP contribution in [0.15, 0.2) is 27.6 Å². The maximum atomic E-state index is 12.3. The van der Waals surface area contributed by atoms with Crippen molar-refractivity contribution in [3.63, 3.8) is 0 Å². The molecule has 0 saturated carbocycles. The number of carbonyl (C=O) groups excluding carboxylic acids is 2. The van der Waals surface area contributed by atoms with Crippen LogP contribution < -0.4 is 0 Å². The first-order chi connectivity index (χ1) is 8.16. The van der Waals surface area contributed by atoms with Crippen LogP contribution in [-0.4, -0.2) is 33.6 Å². The quantitative estimate of drug-likeness (QED) is 0.733. The molecule has 2 aliphatic heterocycles. The fourth-order valence-electron chi connectivity index (χ4n) is 1.95. The van der Waals surface area contributed by atoms with E-state index < -0.39 is 0 Å². The molecule has 0 aromatic heterocycles. The highest BCUT2D eigenvalue weighted by Gasteiger charge is 2.39. The molecule has 2 aliphatic rings. The molecule has 1 aromatic rings. The number of carbonyl (C=O) groups is 2. The van der Waals surface area contributed by atoms with Crippen molar-refractivity contribution in [2.45, 2.75) is 10.3 Å². The average Bonchev–Trinajstić information content (AvgIpc) is 2.76. The van der Waals surface area contributed by atoms with Crippen molar-refractivity contribution in [3.8, 4) is 0 Å². The first kappa shape index (κ1) is 11.6. The molecule has 3 rings (SSSR count). The van der Waals surface area contributed by atoms with Gasteiger partial charge in [0.15, 0.2) is 0 Å². The second kappa shape index (κ2) is 4.33. The first-order valence-electron chi connectivity index (χ1n) is 5.10. The molecule has 3 nitrogen and oxygen atoms in total. The Bertz CT molecular complexity index is 520. The van der Waals surface area contributed by atoms with E-state index in [9.17, 15) is 9.59 Å². The minimum atomic E-state index is -0.307. The third-order valence-corrected chi connectivity index (χ3v) is 5.58. The minimum absolute atomic E-state index is 0.0327. The number of nitrogens with zero attached hydrogens (tertiary/aromatic N) is 1.